The van der Waals surface area contributed by atoms with Crippen LogP contribution in [-0.2, 0) is 28.2 Å². The number of amides is 3. The Kier molecular flexibility index (Phi) is 34.9. The number of nitrogens with zero attached hydrogens (tertiary/aromatic N) is 7. The molecule has 7 atom stereocenters. The zero-order valence-electron chi connectivity index (χ0n) is 48.3. The molecule has 83 heavy (non-hydrogen) atoms. The van der Waals surface area contributed by atoms with Crippen LogP contribution in [0.25, 0.3) is 11.2 Å². The Morgan fingerprint density at radius 1 is 0.602 bits per heavy atom. The van der Waals surface area contributed by atoms with Gasteiger partial charge in [-0.25, -0.2) is 33.9 Å². The molecule has 15 N–H and O–H groups in total. The van der Waals surface area contributed by atoms with Crippen LogP contribution in [0.2, 0.25) is 0 Å². The average molecular weight is 1190 g/mol. The molecule has 5 aromatic rings. The number of phosphoric acid groups is 1. The zero-order chi connectivity index (χ0) is 63.9. The van der Waals surface area contributed by atoms with Gasteiger partial charge < -0.3 is 91.8 Å². The molecule has 0 saturated carbocycles. The summed E-state index contributed by atoms with van der Waals surface area (Å²) in [5, 5.41) is 79.4. The Bertz CT molecular complexity index is 2580. The highest BCUT2D eigenvalue weighted by Gasteiger charge is 2.45. The smallest absolute Gasteiger partial charge is 0.469 e. The summed E-state index contributed by atoms with van der Waals surface area (Å²) in [5.74, 6) is -3.32. The topological polar surface area (TPSA) is 456 Å². The number of nitrogens with one attached hydrogen (secondary N) is 3. The fourth-order valence-corrected chi connectivity index (χ4v) is 6.95. The van der Waals surface area contributed by atoms with Crippen LogP contribution in [0.3, 0.4) is 0 Å². The van der Waals surface area contributed by atoms with Gasteiger partial charge >= 0.3 is 25.7 Å². The Hall–Kier alpha value is -7.42. The van der Waals surface area contributed by atoms with Gasteiger partial charge in [0, 0.05) is 57.5 Å². The second-order valence-corrected chi connectivity index (χ2v) is 20.2. The van der Waals surface area contributed by atoms with Crippen molar-refractivity contribution in [1.82, 2.24) is 34.2 Å². The number of aromatic carboxylic acids is 3. The number of aliphatic hydroxyl groups is 5. The maximum absolute atomic E-state index is 10.7. The van der Waals surface area contributed by atoms with Gasteiger partial charge in [-0.05, 0) is 136 Å². The maximum atomic E-state index is 10.7. The number of carboxylic acid groups (broad SMARTS) is 3. The van der Waals surface area contributed by atoms with Gasteiger partial charge in [-0.15, -0.1) is 0 Å². The molecule has 2 aromatic heterocycles. The summed E-state index contributed by atoms with van der Waals surface area (Å²) >= 11 is 0. The summed E-state index contributed by atoms with van der Waals surface area (Å²) < 4.78 is 21.8. The molecule has 31 heteroatoms. The Balaban J connectivity index is 0.000000993. The van der Waals surface area contributed by atoms with Gasteiger partial charge in [-0.2, -0.15) is 0 Å². The number of hydrogen-bond acceptors (Lipinski definition) is 21. The number of fused-ring (bicyclic) bond motifs is 1. The van der Waals surface area contributed by atoms with Gasteiger partial charge in [0.1, 0.15) is 30.2 Å². The predicted molar refractivity (Wildman–Crippen MR) is 307 cm³/mol. The minimum absolute atomic E-state index is 0.142. The highest BCUT2D eigenvalue weighted by Crippen LogP contribution is 2.39. The number of carbonyl (C=O) groups excluding carboxylic acids is 3. The largest absolute Gasteiger partial charge is 0.478 e. The van der Waals surface area contributed by atoms with Crippen LogP contribution in [0.15, 0.2) is 85.5 Å². The third kappa shape index (κ3) is 33.9. The first-order chi connectivity index (χ1) is 38.4. The van der Waals surface area contributed by atoms with Crippen LogP contribution in [0.4, 0.5) is 22.9 Å². The van der Waals surface area contributed by atoms with E-state index < -0.39 is 56.9 Å². The lowest BCUT2D eigenvalue weighted by molar-refractivity contribution is -0.115. The van der Waals surface area contributed by atoms with Gasteiger partial charge in [-0.1, -0.05) is 0 Å². The number of aromatic nitrogens is 4. The highest BCUT2D eigenvalue weighted by atomic mass is 31.2. The van der Waals surface area contributed by atoms with Crippen molar-refractivity contribution in [2.75, 3.05) is 90.2 Å². The monoisotopic (exact) mass is 1190 g/mol. The molecule has 3 amide bonds. The minimum Gasteiger partial charge on any atom is -0.478 e. The second-order valence-electron chi connectivity index (χ2n) is 18.9. The van der Waals surface area contributed by atoms with Crippen molar-refractivity contribution in [3.63, 3.8) is 0 Å². The number of carbonyl (C=O) groups is 6. The number of rotatable bonds is 16. The molecule has 3 heterocycles. The number of ether oxygens (including phenoxy) is 1. The number of likely N-dealkylation sites (N-methyl/N-ethyl adjacent to an activating group) is 3. The normalized spacial score (nSPS) is 16.1. The van der Waals surface area contributed by atoms with Crippen molar-refractivity contribution in [3.05, 3.63) is 102 Å². The Morgan fingerprint density at radius 2 is 0.928 bits per heavy atom. The van der Waals surface area contributed by atoms with E-state index in [4.69, 9.17) is 50.9 Å². The van der Waals surface area contributed by atoms with E-state index in [1.807, 2.05) is 57.0 Å². The lowest BCUT2D eigenvalue weighted by Gasteiger charge is -2.16. The summed E-state index contributed by atoms with van der Waals surface area (Å²) in [6.07, 6.45) is -3.09. The van der Waals surface area contributed by atoms with E-state index in [0.29, 0.717) is 22.6 Å². The molecule has 462 valence electrons. The Morgan fingerprint density at radius 3 is 1.18 bits per heavy atom. The van der Waals surface area contributed by atoms with Gasteiger partial charge in [0.05, 0.1) is 47.9 Å². The van der Waals surface area contributed by atoms with Crippen LogP contribution >= 0.6 is 7.82 Å². The van der Waals surface area contributed by atoms with Gasteiger partial charge in [0.15, 0.2) is 17.7 Å². The van der Waals surface area contributed by atoms with Crippen LogP contribution in [0.1, 0.15) is 78.8 Å². The van der Waals surface area contributed by atoms with E-state index in [1.165, 1.54) is 74.4 Å². The number of nitrogens with two attached hydrogens (primary N) is 1. The molecule has 0 radical (unpaired) electrons. The van der Waals surface area contributed by atoms with E-state index >= 15 is 0 Å². The Labute approximate surface area is 480 Å². The molecule has 6 rings (SSSR count). The quantitative estimate of drug-likeness (QED) is 0.0628. The molecule has 1 aliphatic rings. The van der Waals surface area contributed by atoms with Crippen molar-refractivity contribution in [2.24, 2.45) is 0 Å². The molecule has 0 aliphatic carbocycles. The van der Waals surface area contributed by atoms with E-state index in [2.05, 4.69) is 35.4 Å². The average Bonchev–Trinajstić information content (AvgIpc) is 4.17. The molecule has 1 aliphatic heterocycles. The maximum Gasteiger partial charge on any atom is 0.469 e. The molecule has 3 aromatic carbocycles. The standard InChI is InChI=1S/C10H14N5O7P.3C9H9NO3.3C5H13NO/c11-8-5-9(13-2-12-8)15(3-14-5)10-7(17)6(16)4(22-10)1-21-23(18,19)20;3*1-6(11)10-8-4-2-7(3-5-8)9(12)13;3*1-5(7)4-6(2)3/h2-4,6-7,10,16-17H,1H2,(H2,11,12,13)(H2,18,19,20);3*2-5H,1H3,(H,10,11)(H,12,13);3*5,7H,4H2,1-3H3/t4-,6-,7-,10-;;;;;;/m1....../s1. The van der Waals surface area contributed by atoms with Gasteiger partial charge in [-0.3, -0.25) is 23.5 Å². The molecule has 1 fully saturated rings. The third-order valence-electron chi connectivity index (χ3n) is 9.65. The van der Waals surface area contributed by atoms with Gasteiger partial charge in [0.2, 0.25) is 17.7 Å². The molecule has 1 saturated heterocycles. The molecular formula is C52H80N11O19P. The van der Waals surface area contributed by atoms with Crippen molar-refractivity contribution in [2.45, 2.75) is 84.4 Å². The van der Waals surface area contributed by atoms with Crippen molar-refractivity contribution < 1.29 is 93.2 Å². The molecule has 0 bridgehead atoms. The third-order valence-corrected chi connectivity index (χ3v) is 10.1. The van der Waals surface area contributed by atoms with Crippen LogP contribution < -0.4 is 21.7 Å². The number of carboxylic acids is 3. The molecular weight excluding hydrogens is 1110 g/mol. The summed E-state index contributed by atoms with van der Waals surface area (Å²) in [6, 6.07) is 17.9. The lowest BCUT2D eigenvalue weighted by Crippen LogP contribution is -2.33. The number of anilines is 4. The highest BCUT2D eigenvalue weighted by molar-refractivity contribution is 7.46. The van der Waals surface area contributed by atoms with E-state index in [-0.39, 0.29) is 64.2 Å². The second kappa shape index (κ2) is 38.4. The van der Waals surface area contributed by atoms with E-state index in [9.17, 15) is 43.5 Å². The molecule has 0 spiro atoms. The first kappa shape index (κ1) is 75.6. The van der Waals surface area contributed by atoms with Gasteiger partial charge in [0.25, 0.3) is 0 Å². The first-order valence-corrected chi connectivity index (χ1v) is 26.4. The van der Waals surface area contributed by atoms with Crippen molar-refractivity contribution >= 4 is 77.5 Å². The number of benzene rings is 3. The SMILES string of the molecule is CC(=O)Nc1ccc(C(=O)O)cc1.CC(=O)Nc1ccc(C(=O)O)cc1.CC(=O)Nc1ccc(C(=O)O)cc1.CC(O)CN(C)C.CC(O)CN(C)C.CC(O)CN(C)C.Nc1ncnc2c1ncn2[C@@H]1O[C@H](COP(=O)(O)O)[C@@H](O)[C@H]1O. The summed E-state index contributed by atoms with van der Waals surface area (Å²) in [6.45, 7) is 11.2. The lowest BCUT2D eigenvalue weighted by atomic mass is 10.1. The van der Waals surface area contributed by atoms with Crippen LogP contribution in [0.5, 0.6) is 0 Å². The minimum atomic E-state index is -4.72. The number of aliphatic hydroxyl groups excluding tert-OH is 5. The fraction of sp³-hybridized carbons (Fsp3) is 0.442. The zero-order valence-corrected chi connectivity index (χ0v) is 49.1. The van der Waals surface area contributed by atoms with E-state index in [1.54, 1.807) is 57.2 Å². The van der Waals surface area contributed by atoms with Crippen LogP contribution in [0, 0.1) is 0 Å². The predicted octanol–water partition coefficient (Wildman–Crippen LogP) is 1.95. The fourth-order valence-electron chi connectivity index (χ4n) is 6.61. The van der Waals surface area contributed by atoms with Crippen molar-refractivity contribution in [1.29, 1.82) is 0 Å². The summed E-state index contributed by atoms with van der Waals surface area (Å²) in [4.78, 5) is 98.2. The number of imidazole rings is 1. The number of phosphoric ester groups is 1. The molecule has 30 nitrogen and oxygen atoms in total. The van der Waals surface area contributed by atoms with Crippen LogP contribution in [-0.4, -0.2) is 226 Å². The summed E-state index contributed by atoms with van der Waals surface area (Å²) in [5.41, 5.74) is 8.64. The summed E-state index contributed by atoms with van der Waals surface area (Å²) in [7, 11) is 6.90. The first-order valence-electron chi connectivity index (χ1n) is 24.9. The van der Waals surface area contributed by atoms with E-state index in [0.717, 1.165) is 19.6 Å². The number of nitrogen functional groups attached to an aromatic ring is 1. The molecule has 3 unspecified atom stereocenters. The number of hydrogen-bond donors (Lipinski definition) is 14. The van der Waals surface area contributed by atoms with Crippen molar-refractivity contribution in [3.8, 4) is 0 Å².